The van der Waals surface area contributed by atoms with E-state index in [0.717, 1.165) is 5.92 Å². The summed E-state index contributed by atoms with van der Waals surface area (Å²) in [4.78, 5) is 2.59. The van der Waals surface area contributed by atoms with Crippen LogP contribution in [0, 0.1) is 5.92 Å². The Bertz CT molecular complexity index is 3010. The molecule has 61 heavy (non-hydrogen) atoms. The minimum Gasteiger partial charge on any atom is -0.309 e. The van der Waals surface area contributed by atoms with Crippen molar-refractivity contribution in [2.75, 3.05) is 4.90 Å². The number of anilines is 3. The van der Waals surface area contributed by atoms with Crippen molar-refractivity contribution in [2.45, 2.75) is 83.5 Å². The molecule has 8 aromatic rings. The third-order valence-corrected chi connectivity index (χ3v) is 15.3. The highest BCUT2D eigenvalue weighted by Gasteiger charge is 2.45. The average molecular weight is 790 g/mol. The fourth-order valence-corrected chi connectivity index (χ4v) is 12.3. The number of hydrogen-bond donors (Lipinski definition) is 0. The van der Waals surface area contributed by atoms with Crippen molar-refractivity contribution in [3.05, 3.63) is 198 Å². The van der Waals surface area contributed by atoms with E-state index in [1.165, 1.54) is 115 Å². The van der Waals surface area contributed by atoms with Gasteiger partial charge in [0, 0.05) is 27.6 Å². The number of fused-ring (bicyclic) bond motifs is 7. The predicted molar refractivity (Wildman–Crippen MR) is 260 cm³/mol. The fourth-order valence-electron chi connectivity index (χ4n) is 12.3. The van der Waals surface area contributed by atoms with Crippen LogP contribution in [0.2, 0.25) is 0 Å². The minimum atomic E-state index is -0.127. The van der Waals surface area contributed by atoms with Crippen LogP contribution < -0.4 is 4.90 Å². The Labute approximate surface area is 362 Å². The summed E-state index contributed by atoms with van der Waals surface area (Å²) >= 11 is 0. The van der Waals surface area contributed by atoms with Crippen LogP contribution >= 0.6 is 0 Å². The Morgan fingerprint density at radius 3 is 1.89 bits per heavy atom. The molecule has 1 saturated carbocycles. The summed E-state index contributed by atoms with van der Waals surface area (Å²) in [6.07, 6.45) is 5.06. The van der Waals surface area contributed by atoms with Crippen LogP contribution in [0.3, 0.4) is 0 Å². The van der Waals surface area contributed by atoms with Crippen LogP contribution in [0.5, 0.6) is 0 Å². The second-order valence-electron chi connectivity index (χ2n) is 19.4. The third-order valence-electron chi connectivity index (χ3n) is 15.3. The van der Waals surface area contributed by atoms with Crippen molar-refractivity contribution in [1.82, 2.24) is 0 Å². The van der Waals surface area contributed by atoms with Gasteiger partial charge in [-0.2, -0.15) is 0 Å². The Kier molecular flexibility index (Phi) is 8.63. The Morgan fingerprint density at radius 1 is 0.508 bits per heavy atom. The standard InChI is InChI=1S/C60H55N/c1-7-60(36-35-39(2)38-60)52-30-17-27-46-48-37-42(33-34-50(48)59(5,6)57(46)52)61(54-32-18-29-51-56(54)47-24-11-13-28-49(47)58(51,3)4)53-31-14-12-23-44(53)45-26-16-22-41-21-15-25-43(55(41)45)40-19-9-8-10-20-40/h8-34,37,39H,7,35-36,38H2,1-6H3. The first-order valence-electron chi connectivity index (χ1n) is 22.6. The topological polar surface area (TPSA) is 3.24 Å². The van der Waals surface area contributed by atoms with E-state index in [1.807, 2.05) is 0 Å². The third kappa shape index (κ3) is 5.59. The predicted octanol–water partition coefficient (Wildman–Crippen LogP) is 16.7. The van der Waals surface area contributed by atoms with Gasteiger partial charge in [0.05, 0.1) is 11.4 Å². The van der Waals surface area contributed by atoms with Crippen LogP contribution in [0.4, 0.5) is 17.1 Å². The van der Waals surface area contributed by atoms with Gasteiger partial charge in [0.25, 0.3) is 0 Å². The minimum absolute atomic E-state index is 0.107. The zero-order valence-electron chi connectivity index (χ0n) is 36.5. The molecule has 11 rings (SSSR count). The van der Waals surface area contributed by atoms with Crippen molar-refractivity contribution < 1.29 is 0 Å². The molecule has 0 spiro atoms. The van der Waals surface area contributed by atoms with Crippen molar-refractivity contribution in [2.24, 2.45) is 5.92 Å². The second-order valence-corrected chi connectivity index (χ2v) is 19.4. The van der Waals surface area contributed by atoms with Crippen molar-refractivity contribution in [3.8, 4) is 44.5 Å². The number of nitrogens with zero attached hydrogens (tertiary/aromatic N) is 1. The van der Waals surface area contributed by atoms with Gasteiger partial charge in [-0.3, -0.25) is 0 Å². The summed E-state index contributed by atoms with van der Waals surface area (Å²) in [5.41, 5.74) is 21.2. The molecule has 0 radical (unpaired) electrons. The average Bonchev–Trinajstić information content (AvgIpc) is 3.88. The molecule has 300 valence electrons. The van der Waals surface area contributed by atoms with E-state index in [2.05, 4.69) is 216 Å². The van der Waals surface area contributed by atoms with E-state index < -0.39 is 0 Å². The monoisotopic (exact) mass is 789 g/mol. The maximum absolute atomic E-state index is 2.59. The number of rotatable bonds is 7. The van der Waals surface area contributed by atoms with Crippen LogP contribution in [-0.4, -0.2) is 0 Å². The van der Waals surface area contributed by atoms with Gasteiger partial charge in [-0.25, -0.2) is 0 Å². The molecule has 0 aliphatic heterocycles. The maximum atomic E-state index is 2.59. The zero-order chi connectivity index (χ0) is 41.7. The molecule has 3 aliphatic carbocycles. The van der Waals surface area contributed by atoms with E-state index in [4.69, 9.17) is 0 Å². The molecular formula is C60H55N. The molecule has 2 unspecified atom stereocenters. The molecule has 3 aliphatic rings. The molecule has 1 fully saturated rings. The van der Waals surface area contributed by atoms with E-state index in [9.17, 15) is 0 Å². The number of benzene rings is 8. The van der Waals surface area contributed by atoms with Crippen molar-refractivity contribution in [1.29, 1.82) is 0 Å². The van der Waals surface area contributed by atoms with Gasteiger partial charge in [-0.1, -0.05) is 187 Å². The molecule has 0 saturated heterocycles. The first-order valence-corrected chi connectivity index (χ1v) is 22.6. The lowest BCUT2D eigenvalue weighted by Gasteiger charge is -2.35. The van der Waals surface area contributed by atoms with Crippen LogP contribution in [0.1, 0.15) is 95.0 Å². The van der Waals surface area contributed by atoms with Gasteiger partial charge in [-0.05, 0) is 133 Å². The summed E-state index contributed by atoms with van der Waals surface area (Å²) in [5, 5.41) is 2.52. The maximum Gasteiger partial charge on any atom is 0.0543 e. The lowest BCUT2D eigenvalue weighted by atomic mass is 9.69. The first-order chi connectivity index (χ1) is 29.6. The lowest BCUT2D eigenvalue weighted by molar-refractivity contribution is 0.400. The fraction of sp³-hybridized carbons (Fsp3) is 0.233. The van der Waals surface area contributed by atoms with Gasteiger partial charge in [0.1, 0.15) is 0 Å². The van der Waals surface area contributed by atoms with Gasteiger partial charge < -0.3 is 4.90 Å². The highest BCUT2D eigenvalue weighted by Crippen LogP contribution is 2.59. The summed E-state index contributed by atoms with van der Waals surface area (Å²) in [6.45, 7) is 14.6. The molecule has 0 bridgehead atoms. The summed E-state index contributed by atoms with van der Waals surface area (Å²) < 4.78 is 0. The highest BCUT2D eigenvalue weighted by molar-refractivity contribution is 6.09. The summed E-state index contributed by atoms with van der Waals surface area (Å²) in [7, 11) is 0. The smallest absolute Gasteiger partial charge is 0.0543 e. The molecule has 0 heterocycles. The first kappa shape index (κ1) is 37.8. The molecule has 0 aromatic heterocycles. The lowest BCUT2D eigenvalue weighted by Crippen LogP contribution is -2.27. The zero-order valence-corrected chi connectivity index (χ0v) is 36.5. The van der Waals surface area contributed by atoms with Crippen LogP contribution in [0.15, 0.2) is 170 Å². The molecule has 8 aromatic carbocycles. The second kappa shape index (κ2) is 13.9. The van der Waals surface area contributed by atoms with Gasteiger partial charge in [0.15, 0.2) is 0 Å². The molecule has 1 nitrogen and oxygen atoms in total. The molecule has 0 amide bonds. The summed E-state index contributed by atoms with van der Waals surface area (Å²) in [5.74, 6) is 0.760. The van der Waals surface area contributed by atoms with Crippen molar-refractivity contribution in [3.63, 3.8) is 0 Å². The quantitative estimate of drug-likeness (QED) is 0.155. The highest BCUT2D eigenvalue weighted by atomic mass is 15.1. The SMILES string of the molecule is CCC1(c2cccc3c2C(C)(C)c2ccc(N(c4ccccc4-c4cccc5cccc(-c6ccccc6)c45)c4cccc5c4-c4ccccc4C5(C)C)cc2-3)CCC(C)C1. The van der Waals surface area contributed by atoms with E-state index in [-0.39, 0.29) is 16.2 Å². The molecule has 1 heteroatoms. The largest absolute Gasteiger partial charge is 0.309 e. The van der Waals surface area contributed by atoms with E-state index >= 15 is 0 Å². The van der Waals surface area contributed by atoms with E-state index in [0.29, 0.717) is 0 Å². The van der Waals surface area contributed by atoms with Crippen molar-refractivity contribution >= 4 is 27.8 Å². The van der Waals surface area contributed by atoms with Crippen LogP contribution in [0.25, 0.3) is 55.3 Å². The number of para-hydroxylation sites is 1. The Morgan fingerprint density at radius 2 is 1.11 bits per heavy atom. The van der Waals surface area contributed by atoms with E-state index in [1.54, 1.807) is 11.1 Å². The van der Waals surface area contributed by atoms with Gasteiger partial charge in [-0.15, -0.1) is 0 Å². The summed E-state index contributed by atoms with van der Waals surface area (Å²) in [6, 6.07) is 64.3. The molecule has 2 atom stereocenters. The molecular weight excluding hydrogens is 735 g/mol. The Balaban J connectivity index is 1.18. The van der Waals surface area contributed by atoms with Gasteiger partial charge >= 0.3 is 0 Å². The normalized spacial score (nSPS) is 19.0. The van der Waals surface area contributed by atoms with Crippen LogP contribution in [-0.2, 0) is 16.2 Å². The Hall–Kier alpha value is -6.18. The number of hydrogen-bond acceptors (Lipinski definition) is 1. The molecule has 0 N–H and O–H groups in total. The van der Waals surface area contributed by atoms with Gasteiger partial charge in [0.2, 0.25) is 0 Å².